The topological polar surface area (TPSA) is 51.7 Å². The van der Waals surface area contributed by atoms with E-state index < -0.39 is 0 Å². The van der Waals surface area contributed by atoms with E-state index in [-0.39, 0.29) is 11.7 Å². The summed E-state index contributed by atoms with van der Waals surface area (Å²) in [6.45, 7) is 2.83. The Balaban J connectivity index is 1.30. The SMILES string of the molecule is O=C(CC1CC1)N1CCC[C@]2(C[C@H](OCc3cccnc3)CO2)C1. The van der Waals surface area contributed by atoms with Crippen LogP contribution in [-0.4, -0.2) is 47.2 Å². The number of nitrogens with zero attached hydrogens (tertiary/aromatic N) is 2. The molecular formula is C19H26N2O3. The van der Waals surface area contributed by atoms with Crippen LogP contribution in [0.4, 0.5) is 0 Å². The molecule has 2 aliphatic heterocycles. The molecule has 0 bridgehead atoms. The number of hydrogen-bond donors (Lipinski definition) is 0. The zero-order chi connectivity index (χ0) is 16.4. The Morgan fingerprint density at radius 2 is 2.38 bits per heavy atom. The van der Waals surface area contributed by atoms with Crippen molar-refractivity contribution in [1.82, 2.24) is 9.88 Å². The van der Waals surface area contributed by atoms with E-state index in [1.54, 1.807) is 6.20 Å². The Hall–Kier alpha value is -1.46. The van der Waals surface area contributed by atoms with E-state index in [0.29, 0.717) is 25.0 Å². The summed E-state index contributed by atoms with van der Waals surface area (Å²) in [5, 5.41) is 0. The molecule has 3 aliphatic rings. The molecule has 0 aromatic carbocycles. The average Bonchev–Trinajstić information content (AvgIpc) is 3.35. The van der Waals surface area contributed by atoms with Crippen molar-refractivity contribution in [2.75, 3.05) is 19.7 Å². The Bertz CT molecular complexity index is 575. The molecule has 0 unspecified atom stereocenters. The second-order valence-electron chi connectivity index (χ2n) is 7.56. The van der Waals surface area contributed by atoms with Crippen LogP contribution >= 0.6 is 0 Å². The second kappa shape index (κ2) is 6.81. The fourth-order valence-electron chi connectivity index (χ4n) is 3.90. The zero-order valence-corrected chi connectivity index (χ0v) is 14.2. The number of likely N-dealkylation sites (tertiary alicyclic amines) is 1. The van der Waals surface area contributed by atoms with Gasteiger partial charge in [0.05, 0.1) is 24.9 Å². The molecule has 1 aliphatic carbocycles. The van der Waals surface area contributed by atoms with Crippen molar-refractivity contribution in [3.05, 3.63) is 30.1 Å². The van der Waals surface area contributed by atoms with Crippen molar-refractivity contribution in [2.45, 2.75) is 56.8 Å². The van der Waals surface area contributed by atoms with Crippen molar-refractivity contribution < 1.29 is 14.3 Å². The smallest absolute Gasteiger partial charge is 0.222 e. The minimum absolute atomic E-state index is 0.115. The molecular weight excluding hydrogens is 304 g/mol. The van der Waals surface area contributed by atoms with Crippen molar-refractivity contribution in [1.29, 1.82) is 0 Å². The highest BCUT2D eigenvalue weighted by Crippen LogP contribution is 2.38. The van der Waals surface area contributed by atoms with Crippen molar-refractivity contribution in [2.24, 2.45) is 5.92 Å². The van der Waals surface area contributed by atoms with Crippen molar-refractivity contribution in [3.8, 4) is 0 Å². The third-order valence-corrected chi connectivity index (χ3v) is 5.44. The highest BCUT2D eigenvalue weighted by molar-refractivity contribution is 5.77. The van der Waals surface area contributed by atoms with Crippen LogP contribution in [0.1, 0.15) is 44.1 Å². The number of carbonyl (C=O) groups excluding carboxylic acids is 1. The summed E-state index contributed by atoms with van der Waals surface area (Å²) in [7, 11) is 0. The summed E-state index contributed by atoms with van der Waals surface area (Å²) in [6.07, 6.45) is 9.87. The van der Waals surface area contributed by atoms with E-state index in [2.05, 4.69) is 4.98 Å². The van der Waals surface area contributed by atoms with Crippen LogP contribution in [0.5, 0.6) is 0 Å². The lowest BCUT2D eigenvalue weighted by Crippen LogP contribution is -2.50. The lowest BCUT2D eigenvalue weighted by Gasteiger charge is -2.39. The standard InChI is InChI=1S/C19H26N2O3/c22-18(9-15-4-5-15)21-8-2-6-19(14-21)10-17(13-24-19)23-12-16-3-1-7-20-11-16/h1,3,7,11,15,17H,2,4-6,8-10,12-14H2/t17-,19-/m0/s1. The Kier molecular flexibility index (Phi) is 4.55. The summed E-state index contributed by atoms with van der Waals surface area (Å²) >= 11 is 0. The number of carbonyl (C=O) groups is 1. The maximum absolute atomic E-state index is 12.4. The summed E-state index contributed by atoms with van der Waals surface area (Å²) in [4.78, 5) is 18.6. The zero-order valence-electron chi connectivity index (χ0n) is 14.2. The first-order valence-corrected chi connectivity index (χ1v) is 9.15. The van der Waals surface area contributed by atoms with Gasteiger partial charge in [0, 0.05) is 38.3 Å². The minimum atomic E-state index is -0.183. The van der Waals surface area contributed by atoms with Gasteiger partial charge in [-0.05, 0) is 43.2 Å². The first-order valence-electron chi connectivity index (χ1n) is 9.15. The lowest BCUT2D eigenvalue weighted by atomic mass is 9.89. The van der Waals surface area contributed by atoms with Gasteiger partial charge in [-0.3, -0.25) is 9.78 Å². The number of piperidine rings is 1. The molecule has 130 valence electrons. The number of aromatic nitrogens is 1. The number of ether oxygens (including phenoxy) is 2. The van der Waals surface area contributed by atoms with Gasteiger partial charge in [0.1, 0.15) is 0 Å². The summed E-state index contributed by atoms with van der Waals surface area (Å²) < 4.78 is 12.2. The van der Waals surface area contributed by atoms with E-state index in [0.717, 1.165) is 44.3 Å². The summed E-state index contributed by atoms with van der Waals surface area (Å²) in [5.74, 6) is 0.968. The van der Waals surface area contributed by atoms with Gasteiger partial charge in [-0.1, -0.05) is 6.07 Å². The molecule has 1 aromatic heterocycles. The van der Waals surface area contributed by atoms with Crippen LogP contribution < -0.4 is 0 Å². The Morgan fingerprint density at radius 3 is 3.17 bits per heavy atom. The van der Waals surface area contributed by atoms with Gasteiger partial charge in [-0.2, -0.15) is 0 Å². The van der Waals surface area contributed by atoms with E-state index in [4.69, 9.17) is 9.47 Å². The number of pyridine rings is 1. The molecule has 24 heavy (non-hydrogen) atoms. The van der Waals surface area contributed by atoms with E-state index in [9.17, 15) is 4.79 Å². The van der Waals surface area contributed by atoms with Crippen LogP contribution in [0.15, 0.2) is 24.5 Å². The van der Waals surface area contributed by atoms with E-state index >= 15 is 0 Å². The van der Waals surface area contributed by atoms with Gasteiger partial charge in [-0.25, -0.2) is 0 Å². The van der Waals surface area contributed by atoms with E-state index in [1.165, 1.54) is 12.8 Å². The van der Waals surface area contributed by atoms with Gasteiger partial charge >= 0.3 is 0 Å². The molecule has 3 heterocycles. The van der Waals surface area contributed by atoms with Gasteiger partial charge in [0.2, 0.25) is 5.91 Å². The van der Waals surface area contributed by atoms with Crippen LogP contribution in [0.3, 0.4) is 0 Å². The predicted molar refractivity (Wildman–Crippen MR) is 89.3 cm³/mol. The molecule has 1 spiro atoms. The molecule has 3 fully saturated rings. The molecule has 5 heteroatoms. The Morgan fingerprint density at radius 1 is 1.46 bits per heavy atom. The molecule has 1 amide bonds. The van der Waals surface area contributed by atoms with Gasteiger partial charge in [0.25, 0.3) is 0 Å². The highest BCUT2D eigenvalue weighted by Gasteiger charge is 2.45. The minimum Gasteiger partial charge on any atom is -0.371 e. The van der Waals surface area contributed by atoms with Gasteiger partial charge in [-0.15, -0.1) is 0 Å². The normalized spacial score (nSPS) is 30.0. The molecule has 0 radical (unpaired) electrons. The molecule has 0 N–H and O–H groups in total. The van der Waals surface area contributed by atoms with Crippen LogP contribution in [0.2, 0.25) is 0 Å². The average molecular weight is 330 g/mol. The highest BCUT2D eigenvalue weighted by atomic mass is 16.6. The third-order valence-electron chi connectivity index (χ3n) is 5.44. The van der Waals surface area contributed by atoms with Crippen LogP contribution in [0, 0.1) is 5.92 Å². The lowest BCUT2D eigenvalue weighted by molar-refractivity contribution is -0.139. The predicted octanol–water partition coefficient (Wildman–Crippen LogP) is 2.55. The molecule has 4 rings (SSSR count). The second-order valence-corrected chi connectivity index (χ2v) is 7.56. The van der Waals surface area contributed by atoms with Crippen LogP contribution in [-0.2, 0) is 20.9 Å². The Labute approximate surface area is 143 Å². The molecule has 2 atom stereocenters. The van der Waals surface area contributed by atoms with Gasteiger partial charge in [0.15, 0.2) is 0 Å². The number of rotatable bonds is 5. The molecule has 2 saturated heterocycles. The maximum atomic E-state index is 12.4. The maximum Gasteiger partial charge on any atom is 0.222 e. The number of hydrogen-bond acceptors (Lipinski definition) is 4. The monoisotopic (exact) mass is 330 g/mol. The quantitative estimate of drug-likeness (QED) is 0.832. The summed E-state index contributed by atoms with van der Waals surface area (Å²) in [6, 6.07) is 3.95. The first-order chi connectivity index (χ1) is 11.7. The van der Waals surface area contributed by atoms with Gasteiger partial charge < -0.3 is 14.4 Å². The van der Waals surface area contributed by atoms with Crippen molar-refractivity contribution in [3.63, 3.8) is 0 Å². The fourth-order valence-corrected chi connectivity index (χ4v) is 3.90. The number of amides is 1. The molecule has 5 nitrogen and oxygen atoms in total. The van der Waals surface area contributed by atoms with E-state index in [1.807, 2.05) is 23.2 Å². The first kappa shape index (κ1) is 16.0. The van der Waals surface area contributed by atoms with Crippen LogP contribution in [0.25, 0.3) is 0 Å². The molecule has 1 aromatic rings. The third kappa shape index (κ3) is 3.78. The molecule has 1 saturated carbocycles. The summed E-state index contributed by atoms with van der Waals surface area (Å²) in [5.41, 5.74) is 0.903. The fraction of sp³-hybridized carbons (Fsp3) is 0.684. The van der Waals surface area contributed by atoms with Crippen molar-refractivity contribution >= 4 is 5.91 Å². The largest absolute Gasteiger partial charge is 0.371 e.